The quantitative estimate of drug-likeness (QED) is 0.830. The van der Waals surface area contributed by atoms with Crippen molar-refractivity contribution >= 4 is 23.4 Å². The molecule has 1 rings (SSSR count). The Morgan fingerprint density at radius 3 is 2.61 bits per heavy atom. The van der Waals surface area contributed by atoms with E-state index in [-0.39, 0.29) is 17.9 Å². The smallest absolute Gasteiger partial charge is 0.325 e. The molecule has 1 amide bonds. The Balaban J connectivity index is 2.68. The van der Waals surface area contributed by atoms with Gasteiger partial charge < -0.3 is 10.1 Å². The lowest BCUT2D eigenvalue weighted by Gasteiger charge is -2.15. The molecule has 100 valence electrons. The van der Waals surface area contributed by atoms with Gasteiger partial charge in [0.25, 0.3) is 5.91 Å². The summed E-state index contributed by atoms with van der Waals surface area (Å²) in [6.07, 6.45) is 0. The van der Waals surface area contributed by atoms with Gasteiger partial charge in [0.1, 0.15) is 11.4 Å². The van der Waals surface area contributed by atoms with Crippen molar-refractivity contribution in [1.82, 2.24) is 14.9 Å². The summed E-state index contributed by atoms with van der Waals surface area (Å²) in [6.45, 7) is 7.71. The summed E-state index contributed by atoms with van der Waals surface area (Å²) in [6, 6.07) is 0. The Morgan fingerprint density at radius 1 is 1.39 bits per heavy atom. The molecule has 0 aliphatic heterocycles. The van der Waals surface area contributed by atoms with Crippen LogP contribution in [0.2, 0.25) is 0 Å². The molecule has 0 aromatic carbocycles. The van der Waals surface area contributed by atoms with E-state index in [9.17, 15) is 9.59 Å². The van der Waals surface area contributed by atoms with Gasteiger partial charge in [0.15, 0.2) is 0 Å². The lowest BCUT2D eigenvalue weighted by molar-refractivity contribution is -0.141. The molecule has 0 aliphatic carbocycles. The van der Waals surface area contributed by atoms with Gasteiger partial charge in [-0.2, -0.15) is 0 Å². The van der Waals surface area contributed by atoms with Crippen LogP contribution in [0.5, 0.6) is 0 Å². The Hall–Kier alpha value is -1.50. The van der Waals surface area contributed by atoms with Crippen molar-refractivity contribution in [3.8, 4) is 0 Å². The molecule has 1 N–H and O–H groups in total. The lowest BCUT2D eigenvalue weighted by Crippen LogP contribution is -2.31. The van der Waals surface area contributed by atoms with Gasteiger partial charge in [-0.25, -0.2) is 0 Å². The minimum atomic E-state index is -0.458. The molecule has 0 spiro atoms. The van der Waals surface area contributed by atoms with Crippen LogP contribution >= 0.6 is 11.5 Å². The summed E-state index contributed by atoms with van der Waals surface area (Å²) >= 11 is 1.02. The number of rotatable bonds is 4. The number of carbonyl (C=O) groups excluding carboxylic acids is 2. The molecule has 1 aromatic rings. The van der Waals surface area contributed by atoms with E-state index in [1.54, 1.807) is 6.92 Å². The fourth-order valence-corrected chi connectivity index (χ4v) is 2.07. The molecule has 6 nitrogen and oxygen atoms in total. The third-order valence-electron chi connectivity index (χ3n) is 2.10. The number of hydrogen-bond donors (Lipinski definition) is 1. The van der Waals surface area contributed by atoms with Gasteiger partial charge in [-0.1, -0.05) is 25.3 Å². The molecule has 0 bridgehead atoms. The van der Waals surface area contributed by atoms with E-state index in [1.165, 1.54) is 0 Å². The highest BCUT2D eigenvalue weighted by molar-refractivity contribution is 7.08. The van der Waals surface area contributed by atoms with E-state index in [4.69, 9.17) is 4.74 Å². The largest absolute Gasteiger partial charge is 0.465 e. The maximum atomic E-state index is 11.9. The van der Waals surface area contributed by atoms with Gasteiger partial charge in [0.05, 0.1) is 12.3 Å². The van der Waals surface area contributed by atoms with Crippen molar-refractivity contribution in [2.75, 3.05) is 13.2 Å². The second-order valence-corrected chi connectivity index (χ2v) is 5.44. The summed E-state index contributed by atoms with van der Waals surface area (Å²) in [5.41, 5.74) is 0.373. The van der Waals surface area contributed by atoms with Crippen LogP contribution in [0.15, 0.2) is 0 Å². The molecule has 0 radical (unpaired) electrons. The van der Waals surface area contributed by atoms with E-state index in [2.05, 4.69) is 14.9 Å². The predicted molar refractivity (Wildman–Crippen MR) is 67.6 cm³/mol. The zero-order valence-electron chi connectivity index (χ0n) is 10.9. The second kappa shape index (κ2) is 5.90. The van der Waals surface area contributed by atoms with Crippen molar-refractivity contribution in [3.63, 3.8) is 0 Å². The van der Waals surface area contributed by atoms with E-state index in [1.807, 2.05) is 20.8 Å². The van der Waals surface area contributed by atoms with E-state index in [0.29, 0.717) is 17.2 Å². The number of ether oxygens (including phenoxy) is 1. The first-order valence-corrected chi connectivity index (χ1v) is 6.40. The molecule has 0 saturated carbocycles. The van der Waals surface area contributed by atoms with Gasteiger partial charge in [0, 0.05) is 5.41 Å². The Labute approximate surface area is 110 Å². The molecule has 0 unspecified atom stereocenters. The van der Waals surface area contributed by atoms with Gasteiger partial charge >= 0.3 is 5.97 Å². The molecule has 0 fully saturated rings. The van der Waals surface area contributed by atoms with Gasteiger partial charge in [-0.3, -0.25) is 9.59 Å². The number of nitrogens with zero attached hydrogens (tertiary/aromatic N) is 2. The average molecular weight is 271 g/mol. The third kappa shape index (κ3) is 3.76. The lowest BCUT2D eigenvalue weighted by atomic mass is 9.91. The SMILES string of the molecule is CCOC(=O)CNC(=O)c1snnc1C(C)(C)C. The van der Waals surface area contributed by atoms with E-state index in [0.717, 1.165) is 11.5 Å². The van der Waals surface area contributed by atoms with Crippen molar-refractivity contribution in [1.29, 1.82) is 0 Å². The maximum absolute atomic E-state index is 11.9. The molecule has 0 saturated heterocycles. The number of aromatic nitrogens is 2. The monoisotopic (exact) mass is 271 g/mol. The first-order valence-electron chi connectivity index (χ1n) is 5.63. The number of nitrogens with one attached hydrogen (secondary N) is 1. The predicted octanol–water partition coefficient (Wildman–Crippen LogP) is 1.13. The maximum Gasteiger partial charge on any atom is 0.325 e. The second-order valence-electron chi connectivity index (χ2n) is 4.69. The van der Waals surface area contributed by atoms with Crippen LogP contribution < -0.4 is 5.32 Å². The highest BCUT2D eigenvalue weighted by Gasteiger charge is 2.26. The Morgan fingerprint density at radius 2 is 2.06 bits per heavy atom. The van der Waals surface area contributed by atoms with Crippen molar-refractivity contribution < 1.29 is 14.3 Å². The van der Waals surface area contributed by atoms with Crippen LogP contribution in [0.4, 0.5) is 0 Å². The molecule has 0 aliphatic rings. The fourth-order valence-electron chi connectivity index (χ4n) is 1.28. The topological polar surface area (TPSA) is 81.2 Å². The average Bonchev–Trinajstić information content (AvgIpc) is 2.74. The minimum absolute atomic E-state index is 0.145. The molecular weight excluding hydrogens is 254 g/mol. The first-order chi connectivity index (χ1) is 8.36. The van der Waals surface area contributed by atoms with Crippen LogP contribution in [-0.2, 0) is 14.9 Å². The van der Waals surface area contributed by atoms with Crippen molar-refractivity contribution in [3.05, 3.63) is 10.6 Å². The van der Waals surface area contributed by atoms with E-state index < -0.39 is 5.97 Å². The summed E-state index contributed by atoms with van der Waals surface area (Å²) in [4.78, 5) is 23.5. The highest BCUT2D eigenvalue weighted by atomic mass is 32.1. The number of hydrogen-bond acceptors (Lipinski definition) is 6. The Kier molecular flexibility index (Phi) is 4.77. The summed E-state index contributed by atoms with van der Waals surface area (Å²) in [5.74, 6) is -0.802. The standard InChI is InChI=1S/C11H17N3O3S/c1-5-17-7(15)6-12-10(16)8-9(11(2,3)4)13-14-18-8/h5-6H2,1-4H3,(H,12,16). The van der Waals surface area contributed by atoms with Gasteiger partial charge in [-0.05, 0) is 18.5 Å². The van der Waals surface area contributed by atoms with Crippen LogP contribution in [-0.4, -0.2) is 34.6 Å². The minimum Gasteiger partial charge on any atom is -0.465 e. The van der Waals surface area contributed by atoms with Crippen LogP contribution in [0, 0.1) is 0 Å². The normalized spacial score (nSPS) is 11.1. The summed E-state index contributed by atoms with van der Waals surface area (Å²) in [7, 11) is 0. The molecule has 18 heavy (non-hydrogen) atoms. The summed E-state index contributed by atoms with van der Waals surface area (Å²) in [5, 5.41) is 6.46. The van der Waals surface area contributed by atoms with Crippen LogP contribution in [0.25, 0.3) is 0 Å². The van der Waals surface area contributed by atoms with Crippen LogP contribution in [0.1, 0.15) is 43.1 Å². The van der Waals surface area contributed by atoms with Crippen molar-refractivity contribution in [2.24, 2.45) is 0 Å². The number of amides is 1. The fraction of sp³-hybridized carbons (Fsp3) is 0.636. The molecule has 1 aromatic heterocycles. The first kappa shape index (κ1) is 14.6. The van der Waals surface area contributed by atoms with E-state index >= 15 is 0 Å². The molecule has 7 heteroatoms. The van der Waals surface area contributed by atoms with Crippen LogP contribution in [0.3, 0.4) is 0 Å². The Bertz CT molecular complexity index is 437. The highest BCUT2D eigenvalue weighted by Crippen LogP contribution is 2.25. The molecular formula is C11H17N3O3S. The zero-order chi connectivity index (χ0) is 13.8. The number of esters is 1. The van der Waals surface area contributed by atoms with Crippen molar-refractivity contribution in [2.45, 2.75) is 33.1 Å². The molecule has 0 atom stereocenters. The third-order valence-corrected chi connectivity index (χ3v) is 2.83. The van der Waals surface area contributed by atoms with Gasteiger partial charge in [-0.15, -0.1) is 5.10 Å². The zero-order valence-corrected chi connectivity index (χ0v) is 11.8. The summed E-state index contributed by atoms with van der Waals surface area (Å²) < 4.78 is 8.51. The number of carbonyl (C=O) groups is 2. The molecule has 1 heterocycles. The van der Waals surface area contributed by atoms with Gasteiger partial charge in [0.2, 0.25) is 0 Å².